The molecule has 1 aromatic carbocycles. The van der Waals surface area contributed by atoms with E-state index >= 15 is 0 Å². The number of ether oxygens (including phenoxy) is 1. The van der Waals surface area contributed by atoms with E-state index < -0.39 is 0 Å². The third-order valence-corrected chi connectivity index (χ3v) is 4.01. The van der Waals surface area contributed by atoms with Crippen LogP contribution in [0.2, 0.25) is 0 Å². The summed E-state index contributed by atoms with van der Waals surface area (Å²) in [6, 6.07) is 9.59. The van der Waals surface area contributed by atoms with Gasteiger partial charge >= 0.3 is 0 Å². The van der Waals surface area contributed by atoms with Gasteiger partial charge in [-0.3, -0.25) is 4.79 Å². The Morgan fingerprint density at radius 3 is 2.73 bits per heavy atom. The van der Waals surface area contributed by atoms with Crippen molar-refractivity contribution in [1.82, 2.24) is 14.5 Å². The normalized spacial score (nSPS) is 10.8. The Bertz CT molecular complexity index is 812. The van der Waals surface area contributed by atoms with Crippen molar-refractivity contribution in [3.05, 3.63) is 47.8 Å². The molecule has 2 heterocycles. The second-order valence-corrected chi connectivity index (χ2v) is 5.53. The molecule has 0 saturated heterocycles. The van der Waals surface area contributed by atoms with Crippen LogP contribution in [0.15, 0.2) is 41.7 Å². The molecule has 0 fully saturated rings. The highest BCUT2D eigenvalue weighted by Gasteiger charge is 2.11. The predicted octanol–water partition coefficient (Wildman–Crippen LogP) is 3.02. The molecule has 0 spiro atoms. The molecule has 0 saturated carbocycles. The van der Waals surface area contributed by atoms with E-state index in [0.717, 1.165) is 28.6 Å². The molecule has 3 aromatic rings. The zero-order valence-electron chi connectivity index (χ0n) is 12.3. The maximum atomic E-state index is 11.3. The first-order valence-corrected chi connectivity index (χ1v) is 7.96. The van der Waals surface area contributed by atoms with Gasteiger partial charge in [-0.25, -0.2) is 9.97 Å². The van der Waals surface area contributed by atoms with Gasteiger partial charge in [0.05, 0.1) is 12.8 Å². The average Bonchev–Trinajstić information content (AvgIpc) is 2.92. The standard InChI is InChI=1S/C16H15N3O2S/c1-21-14-5-3-11(4-6-14)9-19-13(10-20)7-12-8-17-16(22-2)18-15(12)19/h3-8,10H,9H2,1-2H3. The highest BCUT2D eigenvalue weighted by atomic mass is 32.2. The van der Waals surface area contributed by atoms with Gasteiger partial charge in [-0.2, -0.15) is 0 Å². The Labute approximate surface area is 132 Å². The van der Waals surface area contributed by atoms with Crippen molar-refractivity contribution in [1.29, 1.82) is 0 Å². The van der Waals surface area contributed by atoms with Gasteiger partial charge in [-0.15, -0.1) is 0 Å². The number of aromatic nitrogens is 3. The fourth-order valence-corrected chi connectivity index (χ4v) is 2.66. The number of carbonyl (C=O) groups is 1. The van der Waals surface area contributed by atoms with Crippen LogP contribution in [0.1, 0.15) is 16.1 Å². The summed E-state index contributed by atoms with van der Waals surface area (Å²) in [4.78, 5) is 20.1. The van der Waals surface area contributed by atoms with Crippen LogP contribution in [-0.4, -0.2) is 34.2 Å². The maximum absolute atomic E-state index is 11.3. The van der Waals surface area contributed by atoms with Gasteiger partial charge in [0.1, 0.15) is 11.4 Å². The number of aldehydes is 1. The van der Waals surface area contributed by atoms with Crippen LogP contribution in [-0.2, 0) is 6.54 Å². The van der Waals surface area contributed by atoms with E-state index in [1.807, 2.05) is 41.2 Å². The first-order chi connectivity index (χ1) is 10.7. The lowest BCUT2D eigenvalue weighted by atomic mass is 10.2. The zero-order chi connectivity index (χ0) is 15.5. The lowest BCUT2D eigenvalue weighted by Gasteiger charge is -2.08. The van der Waals surface area contributed by atoms with Crippen molar-refractivity contribution < 1.29 is 9.53 Å². The summed E-state index contributed by atoms with van der Waals surface area (Å²) < 4.78 is 7.07. The number of benzene rings is 1. The Kier molecular flexibility index (Phi) is 4.11. The molecule has 6 heteroatoms. The minimum absolute atomic E-state index is 0.576. The van der Waals surface area contributed by atoms with Crippen molar-refractivity contribution in [3.8, 4) is 5.75 Å². The van der Waals surface area contributed by atoms with Gasteiger partial charge in [0.2, 0.25) is 0 Å². The van der Waals surface area contributed by atoms with Gasteiger partial charge in [-0.1, -0.05) is 23.9 Å². The number of fused-ring (bicyclic) bond motifs is 1. The average molecular weight is 313 g/mol. The quantitative estimate of drug-likeness (QED) is 0.412. The number of methoxy groups -OCH3 is 1. The van der Waals surface area contributed by atoms with Gasteiger partial charge < -0.3 is 9.30 Å². The minimum Gasteiger partial charge on any atom is -0.497 e. The molecule has 3 rings (SSSR count). The summed E-state index contributed by atoms with van der Waals surface area (Å²) in [6.45, 7) is 0.576. The summed E-state index contributed by atoms with van der Waals surface area (Å²) in [5.41, 5.74) is 2.45. The summed E-state index contributed by atoms with van der Waals surface area (Å²) in [7, 11) is 1.64. The second kappa shape index (κ2) is 6.19. The van der Waals surface area contributed by atoms with Crippen LogP contribution in [0.3, 0.4) is 0 Å². The molecule has 0 amide bonds. The van der Waals surface area contributed by atoms with Crippen molar-refractivity contribution in [3.63, 3.8) is 0 Å². The van der Waals surface area contributed by atoms with E-state index in [-0.39, 0.29) is 0 Å². The van der Waals surface area contributed by atoms with Crippen molar-refractivity contribution >= 4 is 29.1 Å². The fourth-order valence-electron chi connectivity index (χ4n) is 2.32. The first kappa shape index (κ1) is 14.6. The smallest absolute Gasteiger partial charge is 0.189 e. The lowest BCUT2D eigenvalue weighted by Crippen LogP contribution is -2.05. The van der Waals surface area contributed by atoms with Gasteiger partial charge in [0.15, 0.2) is 11.4 Å². The number of hydrogen-bond donors (Lipinski definition) is 0. The molecular formula is C16H15N3O2S. The Balaban J connectivity index is 2.05. The number of hydrogen-bond acceptors (Lipinski definition) is 5. The van der Waals surface area contributed by atoms with E-state index in [4.69, 9.17) is 4.74 Å². The molecule has 0 aliphatic rings. The van der Waals surface area contributed by atoms with Crippen LogP contribution in [0.5, 0.6) is 5.75 Å². The van der Waals surface area contributed by atoms with Crippen LogP contribution in [0, 0.1) is 0 Å². The molecule has 0 unspecified atom stereocenters. The third-order valence-electron chi connectivity index (χ3n) is 3.45. The zero-order valence-corrected chi connectivity index (χ0v) is 13.1. The molecule has 0 radical (unpaired) electrons. The monoisotopic (exact) mass is 313 g/mol. The van der Waals surface area contributed by atoms with E-state index in [1.165, 1.54) is 11.8 Å². The molecule has 0 aliphatic heterocycles. The van der Waals surface area contributed by atoms with Crippen LogP contribution >= 0.6 is 11.8 Å². The summed E-state index contributed by atoms with van der Waals surface area (Å²) in [5, 5.41) is 1.56. The Hall–Kier alpha value is -2.34. The number of carbonyl (C=O) groups excluding carboxylic acids is 1. The van der Waals surface area contributed by atoms with E-state index in [2.05, 4.69) is 9.97 Å². The highest BCUT2D eigenvalue weighted by Crippen LogP contribution is 2.21. The van der Waals surface area contributed by atoms with Gasteiger partial charge in [-0.05, 0) is 30.0 Å². The van der Waals surface area contributed by atoms with Gasteiger partial charge in [0, 0.05) is 18.1 Å². The van der Waals surface area contributed by atoms with Crippen LogP contribution < -0.4 is 4.74 Å². The molecule has 5 nitrogen and oxygen atoms in total. The SMILES string of the molecule is COc1ccc(Cn2c(C=O)cc3cnc(SC)nc32)cc1. The molecule has 22 heavy (non-hydrogen) atoms. The van der Waals surface area contributed by atoms with Crippen LogP contribution in [0.4, 0.5) is 0 Å². The highest BCUT2D eigenvalue weighted by molar-refractivity contribution is 7.98. The molecule has 112 valence electrons. The molecule has 2 aromatic heterocycles. The lowest BCUT2D eigenvalue weighted by molar-refractivity contribution is 0.111. The first-order valence-electron chi connectivity index (χ1n) is 6.73. The number of rotatable bonds is 5. The van der Waals surface area contributed by atoms with Crippen LogP contribution in [0.25, 0.3) is 11.0 Å². The maximum Gasteiger partial charge on any atom is 0.189 e. The summed E-state index contributed by atoms with van der Waals surface area (Å²) in [6.07, 6.45) is 4.54. The Morgan fingerprint density at radius 2 is 2.09 bits per heavy atom. The summed E-state index contributed by atoms with van der Waals surface area (Å²) in [5.74, 6) is 0.809. The second-order valence-electron chi connectivity index (χ2n) is 4.76. The predicted molar refractivity (Wildman–Crippen MR) is 86.8 cm³/mol. The molecular weight excluding hydrogens is 298 g/mol. The van der Waals surface area contributed by atoms with Crippen molar-refractivity contribution in [2.45, 2.75) is 11.7 Å². The van der Waals surface area contributed by atoms with Crippen molar-refractivity contribution in [2.75, 3.05) is 13.4 Å². The minimum atomic E-state index is 0.576. The van der Waals surface area contributed by atoms with Crippen molar-refractivity contribution in [2.24, 2.45) is 0 Å². The third kappa shape index (κ3) is 2.69. The molecule has 0 N–H and O–H groups in total. The Morgan fingerprint density at radius 1 is 1.32 bits per heavy atom. The van der Waals surface area contributed by atoms with E-state index in [1.54, 1.807) is 13.3 Å². The van der Waals surface area contributed by atoms with Gasteiger partial charge in [0.25, 0.3) is 0 Å². The topological polar surface area (TPSA) is 57.0 Å². The largest absolute Gasteiger partial charge is 0.497 e. The fraction of sp³-hybridized carbons (Fsp3) is 0.188. The number of nitrogens with zero attached hydrogens (tertiary/aromatic N) is 3. The molecule has 0 aliphatic carbocycles. The van der Waals surface area contributed by atoms with E-state index in [9.17, 15) is 4.79 Å². The van der Waals surface area contributed by atoms with E-state index in [0.29, 0.717) is 17.4 Å². The molecule has 0 atom stereocenters. The number of thioether (sulfide) groups is 1. The molecule has 0 bridgehead atoms. The summed E-state index contributed by atoms with van der Waals surface area (Å²) >= 11 is 1.48.